The van der Waals surface area contributed by atoms with Crippen molar-refractivity contribution in [3.05, 3.63) is 89.5 Å². The van der Waals surface area contributed by atoms with E-state index in [1.165, 1.54) is 11.8 Å². The average Bonchev–Trinajstić information content (AvgIpc) is 3.47. The summed E-state index contributed by atoms with van der Waals surface area (Å²) < 4.78 is 38.6. The quantitative estimate of drug-likeness (QED) is 0.314. The van der Waals surface area contributed by atoms with E-state index in [2.05, 4.69) is 5.32 Å². The molecule has 0 aromatic heterocycles. The van der Waals surface area contributed by atoms with Gasteiger partial charge in [-0.25, -0.2) is 8.42 Å². The number of aryl methyl sites for hydroxylation is 1. The van der Waals surface area contributed by atoms with Crippen LogP contribution < -0.4 is 19.1 Å². The number of nitrogens with zero attached hydrogens (tertiary/aromatic N) is 2. The fourth-order valence-electron chi connectivity index (χ4n) is 4.65. The number of nitrogens with one attached hydrogen (secondary N) is 1. The summed E-state index contributed by atoms with van der Waals surface area (Å²) in [5, 5.41) is 3.04. The Morgan fingerprint density at radius 1 is 0.929 bits per heavy atom. The third kappa shape index (κ3) is 7.61. The van der Waals surface area contributed by atoms with Crippen LogP contribution in [-0.2, 0) is 32.6 Å². The molecular formula is C32H39N3O6S. The van der Waals surface area contributed by atoms with Crippen LogP contribution >= 0.6 is 0 Å². The molecule has 0 radical (unpaired) electrons. The Hall–Kier alpha value is -4.05. The van der Waals surface area contributed by atoms with Gasteiger partial charge >= 0.3 is 0 Å². The lowest BCUT2D eigenvalue weighted by atomic mass is 10.0. The Kier molecular flexibility index (Phi) is 10.1. The van der Waals surface area contributed by atoms with Gasteiger partial charge in [0.15, 0.2) is 11.5 Å². The van der Waals surface area contributed by atoms with Crippen molar-refractivity contribution in [2.45, 2.75) is 59.2 Å². The summed E-state index contributed by atoms with van der Waals surface area (Å²) >= 11 is 0. The number of hydrogen-bond donors (Lipinski definition) is 1. The maximum atomic E-state index is 14.3. The van der Waals surface area contributed by atoms with E-state index in [0.717, 1.165) is 27.4 Å². The Bertz CT molecular complexity index is 1480. The van der Waals surface area contributed by atoms with Gasteiger partial charge in [0.05, 0.1) is 11.4 Å². The largest absolute Gasteiger partial charge is 0.454 e. The van der Waals surface area contributed by atoms with Crippen molar-refractivity contribution in [3.63, 3.8) is 0 Å². The molecule has 0 spiro atoms. The Labute approximate surface area is 248 Å². The Balaban J connectivity index is 1.74. The molecule has 9 nitrogen and oxygen atoms in total. The van der Waals surface area contributed by atoms with Gasteiger partial charge in [0.1, 0.15) is 12.6 Å². The molecule has 224 valence electrons. The van der Waals surface area contributed by atoms with Crippen molar-refractivity contribution in [1.29, 1.82) is 0 Å². The van der Waals surface area contributed by atoms with Gasteiger partial charge in [-0.2, -0.15) is 0 Å². The molecule has 0 saturated carbocycles. The van der Waals surface area contributed by atoms with Gasteiger partial charge in [0, 0.05) is 25.1 Å². The van der Waals surface area contributed by atoms with Crippen LogP contribution in [0.1, 0.15) is 43.9 Å². The van der Waals surface area contributed by atoms with Crippen LogP contribution in [0.4, 0.5) is 5.69 Å². The second-order valence-electron chi connectivity index (χ2n) is 10.5. The molecule has 0 bridgehead atoms. The van der Waals surface area contributed by atoms with E-state index in [1.54, 1.807) is 18.2 Å². The van der Waals surface area contributed by atoms with E-state index in [1.807, 2.05) is 75.4 Å². The molecule has 1 aliphatic rings. The van der Waals surface area contributed by atoms with Crippen LogP contribution in [0.15, 0.2) is 72.8 Å². The highest BCUT2D eigenvalue weighted by Gasteiger charge is 2.34. The lowest BCUT2D eigenvalue weighted by Gasteiger charge is -2.34. The van der Waals surface area contributed by atoms with Crippen molar-refractivity contribution < 1.29 is 27.5 Å². The minimum atomic E-state index is -3.88. The third-order valence-electron chi connectivity index (χ3n) is 7.37. The van der Waals surface area contributed by atoms with Crippen molar-refractivity contribution in [3.8, 4) is 11.5 Å². The molecule has 0 aliphatic carbocycles. The van der Waals surface area contributed by atoms with Gasteiger partial charge in [-0.1, -0.05) is 67.1 Å². The van der Waals surface area contributed by atoms with Crippen molar-refractivity contribution in [2.75, 3.05) is 23.4 Å². The van der Waals surface area contributed by atoms with Gasteiger partial charge in [-0.15, -0.1) is 0 Å². The number of fused-ring (bicyclic) bond motifs is 1. The first-order chi connectivity index (χ1) is 20.1. The zero-order chi connectivity index (χ0) is 30.3. The molecule has 2 atom stereocenters. The van der Waals surface area contributed by atoms with Crippen molar-refractivity contribution >= 4 is 27.5 Å². The molecule has 1 aliphatic heterocycles. The molecule has 1 heterocycles. The zero-order valence-electron chi connectivity index (χ0n) is 24.6. The summed E-state index contributed by atoms with van der Waals surface area (Å²) in [7, 11) is -3.88. The molecule has 1 N–H and O–H groups in total. The highest BCUT2D eigenvalue weighted by Crippen LogP contribution is 2.36. The average molecular weight is 594 g/mol. The number of carbonyl (C=O) groups excluding carboxylic acids is 2. The SMILES string of the molecule is CC[C@@H](C)NC(=O)[C@H](Cc1ccccc1)N(Cc1ccc(C)cc1)C(=O)CN(c1ccc2c(c1)OCO2)S(=O)(=O)CC. The Morgan fingerprint density at radius 3 is 2.29 bits per heavy atom. The molecule has 2 amide bonds. The molecular weight excluding hydrogens is 554 g/mol. The second kappa shape index (κ2) is 13.7. The number of anilines is 1. The summed E-state index contributed by atoms with van der Waals surface area (Å²) in [6.07, 6.45) is 0.994. The molecule has 0 unspecified atom stereocenters. The first-order valence-electron chi connectivity index (χ1n) is 14.2. The predicted octanol–water partition coefficient (Wildman–Crippen LogP) is 4.43. The summed E-state index contributed by atoms with van der Waals surface area (Å²) in [4.78, 5) is 29.5. The van der Waals surface area contributed by atoms with E-state index < -0.39 is 28.5 Å². The van der Waals surface area contributed by atoms with Crippen LogP contribution in [-0.4, -0.2) is 56.3 Å². The van der Waals surface area contributed by atoms with Gasteiger partial charge in [0.25, 0.3) is 0 Å². The number of hydrogen-bond acceptors (Lipinski definition) is 6. The van der Waals surface area contributed by atoms with Gasteiger partial charge in [-0.3, -0.25) is 13.9 Å². The topological polar surface area (TPSA) is 105 Å². The van der Waals surface area contributed by atoms with Crippen LogP contribution in [0.25, 0.3) is 0 Å². The van der Waals surface area contributed by atoms with E-state index in [4.69, 9.17) is 9.47 Å². The summed E-state index contributed by atoms with van der Waals surface area (Å²) in [6.45, 7) is 7.08. The lowest BCUT2D eigenvalue weighted by Crippen LogP contribution is -2.54. The summed E-state index contributed by atoms with van der Waals surface area (Å²) in [5.41, 5.74) is 3.07. The Morgan fingerprint density at radius 2 is 1.62 bits per heavy atom. The standard InChI is InChI=1S/C32H39N3O6S/c1-5-24(4)33-32(37)28(18-25-10-8-7-9-11-25)34(20-26-14-12-23(3)13-15-26)31(36)21-35(42(38,39)6-2)27-16-17-29-30(19-27)41-22-40-29/h7-17,19,24,28H,5-6,18,20-22H2,1-4H3,(H,33,37)/t24-,28+/m1/s1. The molecule has 3 aromatic carbocycles. The molecule has 0 saturated heterocycles. The van der Waals surface area contributed by atoms with E-state index in [0.29, 0.717) is 11.5 Å². The molecule has 0 fully saturated rings. The molecule has 3 aromatic rings. The smallest absolute Gasteiger partial charge is 0.244 e. The second-order valence-corrected chi connectivity index (χ2v) is 12.7. The van der Waals surface area contributed by atoms with Gasteiger partial charge < -0.3 is 19.7 Å². The summed E-state index contributed by atoms with van der Waals surface area (Å²) in [6, 6.07) is 21.0. The predicted molar refractivity (Wildman–Crippen MR) is 163 cm³/mol. The maximum absolute atomic E-state index is 14.3. The number of sulfonamides is 1. The highest BCUT2D eigenvalue weighted by molar-refractivity contribution is 7.92. The molecule has 42 heavy (non-hydrogen) atoms. The highest BCUT2D eigenvalue weighted by atomic mass is 32.2. The van der Waals surface area contributed by atoms with Crippen molar-refractivity contribution in [2.24, 2.45) is 0 Å². The van der Waals surface area contributed by atoms with Crippen LogP contribution in [0, 0.1) is 6.92 Å². The van der Waals surface area contributed by atoms with Crippen LogP contribution in [0.2, 0.25) is 0 Å². The lowest BCUT2D eigenvalue weighted by molar-refractivity contribution is -0.140. The van der Waals surface area contributed by atoms with E-state index in [-0.39, 0.29) is 43.1 Å². The van der Waals surface area contributed by atoms with Crippen LogP contribution in [0.3, 0.4) is 0 Å². The van der Waals surface area contributed by atoms with Crippen LogP contribution in [0.5, 0.6) is 11.5 Å². The third-order valence-corrected chi connectivity index (χ3v) is 9.11. The van der Waals surface area contributed by atoms with E-state index >= 15 is 0 Å². The zero-order valence-corrected chi connectivity index (χ0v) is 25.4. The molecule has 10 heteroatoms. The number of amides is 2. The first-order valence-corrected chi connectivity index (χ1v) is 15.8. The van der Waals surface area contributed by atoms with Gasteiger partial charge in [-0.05, 0) is 50.5 Å². The van der Waals surface area contributed by atoms with Crippen molar-refractivity contribution in [1.82, 2.24) is 10.2 Å². The monoisotopic (exact) mass is 593 g/mol. The van der Waals surface area contributed by atoms with E-state index in [9.17, 15) is 18.0 Å². The number of carbonyl (C=O) groups is 2. The number of rotatable bonds is 13. The number of ether oxygens (including phenoxy) is 2. The minimum absolute atomic E-state index is 0.0367. The normalized spacial score (nSPS) is 13.7. The number of benzene rings is 3. The summed E-state index contributed by atoms with van der Waals surface area (Å²) in [5.74, 6) is -0.0893. The minimum Gasteiger partial charge on any atom is -0.454 e. The fourth-order valence-corrected chi connectivity index (χ4v) is 5.70. The van der Waals surface area contributed by atoms with Gasteiger partial charge in [0.2, 0.25) is 28.6 Å². The molecule has 4 rings (SSSR count). The first kappa shape index (κ1) is 30.9. The maximum Gasteiger partial charge on any atom is 0.244 e. The fraction of sp³-hybridized carbons (Fsp3) is 0.375.